The molecule has 0 aromatic heterocycles. The van der Waals surface area contributed by atoms with Crippen molar-refractivity contribution >= 4 is 25.0 Å². The lowest BCUT2D eigenvalue weighted by Gasteiger charge is -1.91. The molecule has 0 radical (unpaired) electrons. The molecule has 0 fully saturated rings. The van der Waals surface area contributed by atoms with Gasteiger partial charge in [0, 0.05) is 6.54 Å². The molecule has 1 unspecified atom stereocenters. The van der Waals surface area contributed by atoms with Gasteiger partial charge in [-0.2, -0.15) is 12.6 Å². The highest BCUT2D eigenvalue weighted by Gasteiger charge is 1.80. The fourth-order valence-electron chi connectivity index (χ4n) is 0. The van der Waals surface area contributed by atoms with Crippen LogP contribution in [0.4, 0.5) is 0 Å². The second-order valence-electron chi connectivity index (χ2n) is 0.803. The molecule has 0 aromatic carbocycles. The zero-order valence-corrected chi connectivity index (χ0v) is 5.01. The van der Waals surface area contributed by atoms with Gasteiger partial charge >= 0.3 is 0 Å². The molecule has 0 heterocycles. The van der Waals surface area contributed by atoms with Crippen LogP contribution in [0.3, 0.4) is 0 Å². The van der Waals surface area contributed by atoms with Crippen molar-refractivity contribution in [2.75, 3.05) is 6.54 Å². The standard InChI is InChI=1S/C2H8N2S.ClH/c3-1-2(4)5;/h2,5H,1,3-4H2;1H. The molecular formula is C2H9ClN2S. The van der Waals surface area contributed by atoms with E-state index in [0.29, 0.717) is 6.54 Å². The van der Waals surface area contributed by atoms with E-state index >= 15 is 0 Å². The Bertz CT molecular complexity index is 25.5. The van der Waals surface area contributed by atoms with E-state index in [1.807, 2.05) is 0 Å². The van der Waals surface area contributed by atoms with Gasteiger partial charge in [-0.25, -0.2) is 0 Å². The maximum Gasteiger partial charge on any atom is 0.0601 e. The van der Waals surface area contributed by atoms with Crippen LogP contribution in [0.5, 0.6) is 0 Å². The van der Waals surface area contributed by atoms with E-state index in [-0.39, 0.29) is 17.8 Å². The van der Waals surface area contributed by atoms with Gasteiger partial charge in [0.25, 0.3) is 0 Å². The van der Waals surface area contributed by atoms with E-state index in [0.717, 1.165) is 0 Å². The normalized spacial score (nSPS) is 12.5. The molecule has 0 aliphatic heterocycles. The Morgan fingerprint density at radius 1 is 1.67 bits per heavy atom. The van der Waals surface area contributed by atoms with Gasteiger partial charge in [0.05, 0.1) is 5.37 Å². The highest BCUT2D eigenvalue weighted by Crippen LogP contribution is 1.73. The fourth-order valence-corrected chi connectivity index (χ4v) is 0. The van der Waals surface area contributed by atoms with Crippen LogP contribution in [0.1, 0.15) is 0 Å². The van der Waals surface area contributed by atoms with E-state index in [4.69, 9.17) is 11.5 Å². The maximum atomic E-state index is 5.03. The molecule has 0 saturated heterocycles. The van der Waals surface area contributed by atoms with Crippen molar-refractivity contribution in [2.45, 2.75) is 5.37 Å². The summed E-state index contributed by atoms with van der Waals surface area (Å²) >= 11 is 3.75. The molecule has 0 spiro atoms. The quantitative estimate of drug-likeness (QED) is 0.332. The van der Waals surface area contributed by atoms with Gasteiger partial charge in [-0.05, 0) is 0 Å². The number of rotatable bonds is 1. The second-order valence-corrected chi connectivity index (χ2v) is 1.47. The van der Waals surface area contributed by atoms with E-state index in [2.05, 4.69) is 12.6 Å². The third kappa shape index (κ3) is 8.82. The van der Waals surface area contributed by atoms with E-state index < -0.39 is 0 Å². The summed E-state index contributed by atoms with van der Waals surface area (Å²) in [5, 5.41) is -0.144. The van der Waals surface area contributed by atoms with Gasteiger partial charge in [-0.1, -0.05) is 0 Å². The lowest BCUT2D eigenvalue weighted by atomic mass is 10.7. The van der Waals surface area contributed by atoms with Crippen LogP contribution in [0, 0.1) is 0 Å². The van der Waals surface area contributed by atoms with E-state index in [1.54, 1.807) is 0 Å². The third-order valence-corrected chi connectivity index (χ3v) is 0.452. The topological polar surface area (TPSA) is 52.0 Å². The molecule has 4 N–H and O–H groups in total. The van der Waals surface area contributed by atoms with Crippen molar-refractivity contribution in [2.24, 2.45) is 11.5 Å². The third-order valence-electron chi connectivity index (χ3n) is 0.241. The Kier molecular flexibility index (Phi) is 9.04. The van der Waals surface area contributed by atoms with Crippen molar-refractivity contribution in [3.63, 3.8) is 0 Å². The summed E-state index contributed by atoms with van der Waals surface area (Å²) in [5.41, 5.74) is 10.0. The number of nitrogens with two attached hydrogens (primary N) is 2. The summed E-state index contributed by atoms with van der Waals surface area (Å²) in [4.78, 5) is 0. The minimum Gasteiger partial charge on any atom is -0.328 e. The van der Waals surface area contributed by atoms with Gasteiger partial charge in [0.2, 0.25) is 0 Å². The van der Waals surface area contributed by atoms with Gasteiger partial charge in [0.15, 0.2) is 0 Å². The highest BCUT2D eigenvalue weighted by molar-refractivity contribution is 7.80. The van der Waals surface area contributed by atoms with E-state index in [1.165, 1.54) is 0 Å². The van der Waals surface area contributed by atoms with Crippen LogP contribution in [-0.4, -0.2) is 11.9 Å². The molecule has 6 heavy (non-hydrogen) atoms. The summed E-state index contributed by atoms with van der Waals surface area (Å²) in [5.74, 6) is 0. The predicted octanol–water partition coefficient (Wildman–Crippen LogP) is -0.418. The molecule has 2 nitrogen and oxygen atoms in total. The van der Waals surface area contributed by atoms with Crippen LogP contribution in [0.15, 0.2) is 0 Å². The molecule has 1 atom stereocenters. The van der Waals surface area contributed by atoms with Gasteiger partial charge in [-0.15, -0.1) is 12.4 Å². The average Bonchev–Trinajstić information content (AvgIpc) is 1.38. The number of hydrogen-bond donors (Lipinski definition) is 3. The minimum atomic E-state index is -0.144. The summed E-state index contributed by atoms with van der Waals surface area (Å²) < 4.78 is 0. The predicted molar refractivity (Wildman–Crippen MR) is 33.3 cm³/mol. The SMILES string of the molecule is Cl.NCC(N)S. The van der Waals surface area contributed by atoms with Crippen molar-refractivity contribution in [1.82, 2.24) is 0 Å². The van der Waals surface area contributed by atoms with Crippen molar-refractivity contribution < 1.29 is 0 Å². The first-order chi connectivity index (χ1) is 2.27. The van der Waals surface area contributed by atoms with Crippen LogP contribution in [-0.2, 0) is 0 Å². The van der Waals surface area contributed by atoms with E-state index in [9.17, 15) is 0 Å². The lowest BCUT2D eigenvalue weighted by Crippen LogP contribution is -2.22. The second kappa shape index (κ2) is 5.56. The Hall–Kier alpha value is 0.560. The van der Waals surface area contributed by atoms with Crippen molar-refractivity contribution in [1.29, 1.82) is 0 Å². The number of hydrogen-bond acceptors (Lipinski definition) is 3. The van der Waals surface area contributed by atoms with Crippen LogP contribution in [0.25, 0.3) is 0 Å². The van der Waals surface area contributed by atoms with Crippen LogP contribution < -0.4 is 11.5 Å². The first-order valence-electron chi connectivity index (χ1n) is 1.41. The minimum absolute atomic E-state index is 0. The molecule has 0 aliphatic carbocycles. The van der Waals surface area contributed by atoms with Gasteiger partial charge < -0.3 is 11.5 Å². The fraction of sp³-hybridized carbons (Fsp3) is 1.00. The molecular weight excluding hydrogens is 120 g/mol. The molecule has 4 heteroatoms. The first-order valence-corrected chi connectivity index (χ1v) is 1.92. The molecule has 0 bridgehead atoms. The molecule has 0 amide bonds. The van der Waals surface area contributed by atoms with Crippen LogP contribution >= 0.6 is 25.0 Å². The molecule has 0 aliphatic rings. The summed E-state index contributed by atoms with van der Waals surface area (Å²) in [6, 6.07) is 0. The Balaban J connectivity index is 0. The number of halogens is 1. The molecule has 0 rings (SSSR count). The maximum absolute atomic E-state index is 5.03. The van der Waals surface area contributed by atoms with Gasteiger partial charge in [0.1, 0.15) is 0 Å². The largest absolute Gasteiger partial charge is 0.328 e. The van der Waals surface area contributed by atoms with Crippen molar-refractivity contribution in [3.8, 4) is 0 Å². The molecule has 0 saturated carbocycles. The molecule has 0 aromatic rings. The zero-order valence-electron chi connectivity index (χ0n) is 3.29. The lowest BCUT2D eigenvalue weighted by molar-refractivity contribution is 0.920. The number of thiol groups is 1. The zero-order chi connectivity index (χ0) is 4.28. The summed E-state index contributed by atoms with van der Waals surface area (Å²) in [6.07, 6.45) is 0. The average molecular weight is 129 g/mol. The monoisotopic (exact) mass is 128 g/mol. The molecule has 40 valence electrons. The summed E-state index contributed by atoms with van der Waals surface area (Å²) in [6.45, 7) is 0.448. The van der Waals surface area contributed by atoms with Crippen LogP contribution in [0.2, 0.25) is 0 Å². The Morgan fingerprint density at radius 3 is 1.83 bits per heavy atom. The first kappa shape index (κ1) is 9.75. The highest BCUT2D eigenvalue weighted by atomic mass is 35.5. The van der Waals surface area contributed by atoms with Crippen molar-refractivity contribution in [3.05, 3.63) is 0 Å². The summed E-state index contributed by atoms with van der Waals surface area (Å²) in [7, 11) is 0. The van der Waals surface area contributed by atoms with Gasteiger partial charge in [-0.3, -0.25) is 0 Å². The smallest absolute Gasteiger partial charge is 0.0601 e. The Morgan fingerprint density at radius 2 is 1.83 bits per heavy atom. The Labute approximate surface area is 49.1 Å².